The lowest BCUT2D eigenvalue weighted by Gasteiger charge is -2.16. The Morgan fingerprint density at radius 2 is 1.60 bits per heavy atom. The van der Waals surface area contributed by atoms with E-state index in [0.717, 1.165) is 48.4 Å². The number of para-hydroxylation sites is 1. The standard InChI is InChI=1S/C21H19N3O/c22-14-20-21(23)18-8-4-5-9-19(18)24(20)15-10-12-17(13-11-15)25-16-6-2-1-3-7-16/h1-3,6-7,10-13H,4-5,8-9,23H2. The van der Waals surface area contributed by atoms with Gasteiger partial charge in [-0.3, -0.25) is 0 Å². The van der Waals surface area contributed by atoms with Crippen molar-refractivity contribution in [2.45, 2.75) is 25.7 Å². The zero-order valence-electron chi connectivity index (χ0n) is 13.9. The van der Waals surface area contributed by atoms with Gasteiger partial charge in [0.05, 0.1) is 5.69 Å². The minimum absolute atomic E-state index is 0.545. The van der Waals surface area contributed by atoms with Crippen molar-refractivity contribution in [1.29, 1.82) is 5.26 Å². The molecule has 1 aliphatic carbocycles. The van der Waals surface area contributed by atoms with Crippen molar-refractivity contribution in [3.63, 3.8) is 0 Å². The van der Waals surface area contributed by atoms with Crippen molar-refractivity contribution in [1.82, 2.24) is 4.57 Å². The van der Waals surface area contributed by atoms with Crippen LogP contribution in [0.25, 0.3) is 5.69 Å². The third kappa shape index (κ3) is 2.74. The first kappa shape index (κ1) is 15.3. The van der Waals surface area contributed by atoms with Gasteiger partial charge in [-0.25, -0.2) is 0 Å². The summed E-state index contributed by atoms with van der Waals surface area (Å²) in [4.78, 5) is 0. The van der Waals surface area contributed by atoms with Crippen molar-refractivity contribution in [3.8, 4) is 23.3 Å². The first-order valence-corrected chi connectivity index (χ1v) is 8.53. The summed E-state index contributed by atoms with van der Waals surface area (Å²) in [6.07, 6.45) is 4.19. The molecule has 1 aromatic heterocycles. The molecule has 124 valence electrons. The van der Waals surface area contributed by atoms with E-state index in [9.17, 15) is 5.26 Å². The van der Waals surface area contributed by atoms with Gasteiger partial charge in [-0.2, -0.15) is 5.26 Å². The van der Waals surface area contributed by atoms with Crippen LogP contribution in [0, 0.1) is 11.3 Å². The number of benzene rings is 2. The van der Waals surface area contributed by atoms with E-state index in [2.05, 4.69) is 6.07 Å². The molecule has 4 nitrogen and oxygen atoms in total. The van der Waals surface area contributed by atoms with E-state index in [1.165, 1.54) is 5.69 Å². The maximum Gasteiger partial charge on any atom is 0.148 e. The van der Waals surface area contributed by atoms with Crippen LogP contribution in [-0.2, 0) is 12.8 Å². The lowest BCUT2D eigenvalue weighted by Crippen LogP contribution is -2.07. The largest absolute Gasteiger partial charge is 0.457 e. The molecule has 0 amide bonds. The maximum atomic E-state index is 9.58. The lowest BCUT2D eigenvalue weighted by molar-refractivity contribution is 0.482. The average molecular weight is 329 g/mol. The van der Waals surface area contributed by atoms with Gasteiger partial charge in [0.25, 0.3) is 0 Å². The fourth-order valence-electron chi connectivity index (χ4n) is 3.51. The van der Waals surface area contributed by atoms with Crippen molar-refractivity contribution in [3.05, 3.63) is 71.5 Å². The van der Waals surface area contributed by atoms with Gasteiger partial charge >= 0.3 is 0 Å². The van der Waals surface area contributed by atoms with Crippen molar-refractivity contribution < 1.29 is 4.74 Å². The summed E-state index contributed by atoms with van der Waals surface area (Å²) in [5.41, 5.74) is 10.7. The molecule has 0 unspecified atom stereocenters. The Morgan fingerprint density at radius 1 is 0.920 bits per heavy atom. The van der Waals surface area contributed by atoms with Gasteiger partial charge in [-0.1, -0.05) is 18.2 Å². The molecular formula is C21H19N3O. The number of hydrogen-bond acceptors (Lipinski definition) is 3. The predicted octanol–water partition coefficient (Wildman–Crippen LogP) is 4.60. The number of hydrogen-bond donors (Lipinski definition) is 1. The second-order valence-corrected chi connectivity index (χ2v) is 6.25. The average Bonchev–Trinajstić information content (AvgIpc) is 2.95. The number of anilines is 1. The topological polar surface area (TPSA) is 64.0 Å². The third-order valence-corrected chi connectivity index (χ3v) is 4.69. The van der Waals surface area contributed by atoms with Gasteiger partial charge in [-0.05, 0) is 67.6 Å². The minimum Gasteiger partial charge on any atom is -0.457 e. The number of nitrogens with zero attached hydrogens (tertiary/aromatic N) is 2. The number of fused-ring (bicyclic) bond motifs is 1. The highest BCUT2D eigenvalue weighted by atomic mass is 16.5. The fraction of sp³-hybridized carbons (Fsp3) is 0.190. The van der Waals surface area contributed by atoms with Crippen LogP contribution in [0.4, 0.5) is 5.69 Å². The predicted molar refractivity (Wildman–Crippen MR) is 98.1 cm³/mol. The Kier molecular flexibility index (Phi) is 3.91. The Balaban J connectivity index is 1.70. The second-order valence-electron chi connectivity index (χ2n) is 6.25. The molecule has 25 heavy (non-hydrogen) atoms. The van der Waals surface area contributed by atoms with Crippen LogP contribution in [0.3, 0.4) is 0 Å². The molecule has 0 aliphatic heterocycles. The van der Waals surface area contributed by atoms with E-state index in [1.54, 1.807) is 0 Å². The smallest absolute Gasteiger partial charge is 0.148 e. The van der Waals surface area contributed by atoms with Crippen molar-refractivity contribution in [2.75, 3.05) is 5.73 Å². The number of aromatic nitrogens is 1. The van der Waals surface area contributed by atoms with E-state index < -0.39 is 0 Å². The van der Waals surface area contributed by atoms with Crippen LogP contribution >= 0.6 is 0 Å². The zero-order chi connectivity index (χ0) is 17.2. The fourth-order valence-corrected chi connectivity index (χ4v) is 3.51. The molecule has 0 spiro atoms. The van der Waals surface area contributed by atoms with E-state index in [4.69, 9.17) is 10.5 Å². The maximum absolute atomic E-state index is 9.58. The number of rotatable bonds is 3. The summed E-state index contributed by atoms with van der Waals surface area (Å²) in [5.74, 6) is 1.57. The molecule has 1 aliphatic rings. The molecule has 0 saturated carbocycles. The van der Waals surface area contributed by atoms with Crippen molar-refractivity contribution >= 4 is 5.69 Å². The summed E-state index contributed by atoms with van der Waals surface area (Å²) in [7, 11) is 0. The van der Waals surface area contributed by atoms with E-state index in [0.29, 0.717) is 11.4 Å². The molecule has 1 heterocycles. The van der Waals surface area contributed by atoms with E-state index >= 15 is 0 Å². The molecule has 4 rings (SSSR count). The number of nitriles is 1. The highest BCUT2D eigenvalue weighted by Crippen LogP contribution is 2.34. The summed E-state index contributed by atoms with van der Waals surface area (Å²) < 4.78 is 7.85. The summed E-state index contributed by atoms with van der Waals surface area (Å²) in [6, 6.07) is 19.8. The Hall–Kier alpha value is -3.19. The normalized spacial score (nSPS) is 13.1. The number of nitrogen functional groups attached to an aromatic ring is 1. The SMILES string of the molecule is N#Cc1c(N)c2c(n1-c1ccc(Oc3ccccc3)cc1)CCCC2. The van der Waals surface area contributed by atoms with Gasteiger partial charge in [-0.15, -0.1) is 0 Å². The molecule has 4 heteroatoms. The van der Waals surface area contributed by atoms with Gasteiger partial charge in [0, 0.05) is 11.4 Å². The first-order chi connectivity index (χ1) is 12.3. The summed E-state index contributed by atoms with van der Waals surface area (Å²) >= 11 is 0. The van der Waals surface area contributed by atoms with Crippen LogP contribution in [0.1, 0.15) is 29.8 Å². The van der Waals surface area contributed by atoms with Crippen molar-refractivity contribution in [2.24, 2.45) is 0 Å². The molecule has 0 atom stereocenters. The second kappa shape index (κ2) is 6.37. The molecular weight excluding hydrogens is 310 g/mol. The Morgan fingerprint density at radius 3 is 2.32 bits per heavy atom. The molecule has 3 aromatic rings. The number of ether oxygens (including phenoxy) is 1. The summed E-state index contributed by atoms with van der Waals surface area (Å²) in [6.45, 7) is 0. The van der Waals surface area contributed by atoms with E-state index in [1.807, 2.05) is 59.2 Å². The molecule has 0 bridgehead atoms. The molecule has 2 N–H and O–H groups in total. The van der Waals surface area contributed by atoms with E-state index in [-0.39, 0.29) is 0 Å². The Labute approximate surface area is 147 Å². The van der Waals surface area contributed by atoms with Gasteiger partial charge < -0.3 is 15.0 Å². The van der Waals surface area contributed by atoms with Gasteiger partial charge in [0.1, 0.15) is 23.3 Å². The number of nitrogens with two attached hydrogens (primary N) is 1. The third-order valence-electron chi connectivity index (χ3n) is 4.69. The lowest BCUT2D eigenvalue weighted by atomic mass is 9.97. The molecule has 0 fully saturated rings. The molecule has 0 saturated heterocycles. The van der Waals surface area contributed by atoms with Crippen LogP contribution in [0.15, 0.2) is 54.6 Å². The minimum atomic E-state index is 0.545. The van der Waals surface area contributed by atoms with Crippen LogP contribution in [-0.4, -0.2) is 4.57 Å². The quantitative estimate of drug-likeness (QED) is 0.763. The monoisotopic (exact) mass is 329 g/mol. The Bertz CT molecular complexity index is 934. The zero-order valence-corrected chi connectivity index (χ0v) is 13.9. The van der Waals surface area contributed by atoms with Gasteiger partial charge in [0.15, 0.2) is 0 Å². The molecule has 0 radical (unpaired) electrons. The highest BCUT2D eigenvalue weighted by Gasteiger charge is 2.23. The van der Waals surface area contributed by atoms with Crippen LogP contribution in [0.2, 0.25) is 0 Å². The summed E-state index contributed by atoms with van der Waals surface area (Å²) in [5, 5.41) is 9.58. The van der Waals surface area contributed by atoms with Crippen LogP contribution < -0.4 is 10.5 Å². The first-order valence-electron chi connectivity index (χ1n) is 8.53. The molecule has 2 aromatic carbocycles. The highest BCUT2D eigenvalue weighted by molar-refractivity contribution is 5.65. The van der Waals surface area contributed by atoms with Gasteiger partial charge in [0.2, 0.25) is 0 Å². The van der Waals surface area contributed by atoms with Crippen LogP contribution in [0.5, 0.6) is 11.5 Å².